The van der Waals surface area contributed by atoms with Gasteiger partial charge in [0.15, 0.2) is 0 Å². The average molecular weight is 299 g/mol. The molecule has 2 rings (SSSR count). The molecule has 20 heavy (non-hydrogen) atoms. The highest BCUT2D eigenvalue weighted by Gasteiger charge is 2.33. The first kappa shape index (κ1) is 14.8. The summed E-state index contributed by atoms with van der Waals surface area (Å²) in [5.74, 6) is 0. The first-order valence-electron chi connectivity index (χ1n) is 5.85. The van der Waals surface area contributed by atoms with Crippen LogP contribution in [0.2, 0.25) is 0 Å². The van der Waals surface area contributed by atoms with Crippen LogP contribution in [0.25, 0.3) is 0 Å². The van der Waals surface area contributed by atoms with Gasteiger partial charge in [-0.1, -0.05) is 17.8 Å². The summed E-state index contributed by atoms with van der Waals surface area (Å²) in [5, 5.41) is 0.597. The fraction of sp³-hybridized carbons (Fsp3) is 0.231. The van der Waals surface area contributed by atoms with Crippen LogP contribution in [0.1, 0.15) is 11.1 Å². The Balaban J connectivity index is 2.32. The summed E-state index contributed by atoms with van der Waals surface area (Å²) < 4.78 is 39.0. The Morgan fingerprint density at radius 3 is 2.60 bits per heavy atom. The van der Waals surface area contributed by atoms with Gasteiger partial charge in [0.1, 0.15) is 11.4 Å². The van der Waals surface area contributed by atoms with E-state index in [1.54, 1.807) is 18.3 Å². The Hall–Kier alpha value is -1.60. The molecule has 1 aromatic heterocycles. The number of nitrogens with two attached hydrogens (primary N) is 1. The quantitative estimate of drug-likeness (QED) is 0.881. The molecule has 7 heteroatoms. The molecule has 0 aliphatic heterocycles. The van der Waals surface area contributed by atoms with E-state index in [1.165, 1.54) is 12.4 Å². The number of aromatic nitrogens is 2. The van der Waals surface area contributed by atoms with E-state index < -0.39 is 11.7 Å². The number of hydrogen-bond donors (Lipinski definition) is 1. The Morgan fingerprint density at radius 2 is 2.00 bits per heavy atom. The number of benzene rings is 1. The molecule has 0 unspecified atom stereocenters. The van der Waals surface area contributed by atoms with Gasteiger partial charge in [0.05, 0.1) is 5.56 Å². The van der Waals surface area contributed by atoms with Crippen molar-refractivity contribution in [2.75, 3.05) is 6.54 Å². The van der Waals surface area contributed by atoms with E-state index >= 15 is 0 Å². The maximum atomic E-state index is 13.0. The third kappa shape index (κ3) is 3.71. The Morgan fingerprint density at radius 1 is 1.20 bits per heavy atom. The second kappa shape index (κ2) is 6.23. The summed E-state index contributed by atoms with van der Waals surface area (Å²) in [6, 6.07) is 5.90. The van der Waals surface area contributed by atoms with Gasteiger partial charge in [-0.2, -0.15) is 13.2 Å². The molecule has 0 fully saturated rings. The first-order chi connectivity index (χ1) is 9.50. The molecule has 0 saturated heterocycles. The minimum absolute atomic E-state index is 0.182. The lowest BCUT2D eigenvalue weighted by molar-refractivity contribution is -0.138. The maximum Gasteiger partial charge on any atom is 0.416 e. The lowest BCUT2D eigenvalue weighted by atomic mass is 10.0. The molecule has 2 aromatic rings. The van der Waals surface area contributed by atoms with Gasteiger partial charge in [0, 0.05) is 11.1 Å². The molecule has 3 nitrogen and oxygen atoms in total. The topological polar surface area (TPSA) is 51.8 Å². The molecule has 0 bridgehead atoms. The second-order valence-corrected chi connectivity index (χ2v) is 5.10. The summed E-state index contributed by atoms with van der Waals surface area (Å²) in [4.78, 5) is 8.22. The fourth-order valence-corrected chi connectivity index (χ4v) is 2.50. The molecule has 0 aliphatic rings. The van der Waals surface area contributed by atoms with E-state index in [0.29, 0.717) is 9.92 Å². The van der Waals surface area contributed by atoms with Crippen molar-refractivity contribution < 1.29 is 13.2 Å². The predicted octanol–water partition coefficient (Wildman–Crippen LogP) is 3.15. The molecule has 0 amide bonds. The fourth-order valence-electron chi connectivity index (χ4n) is 1.72. The van der Waals surface area contributed by atoms with Gasteiger partial charge < -0.3 is 5.73 Å². The number of rotatable bonds is 4. The van der Waals surface area contributed by atoms with E-state index in [4.69, 9.17) is 5.73 Å². The van der Waals surface area contributed by atoms with Crippen LogP contribution in [0, 0.1) is 0 Å². The van der Waals surface area contributed by atoms with Gasteiger partial charge in [-0.05, 0) is 36.7 Å². The van der Waals surface area contributed by atoms with Crippen LogP contribution in [-0.2, 0) is 12.6 Å². The van der Waals surface area contributed by atoms with Gasteiger partial charge in [-0.25, -0.2) is 9.97 Å². The Bertz CT molecular complexity index is 573. The van der Waals surface area contributed by atoms with E-state index in [0.717, 1.165) is 17.8 Å². The van der Waals surface area contributed by atoms with Crippen molar-refractivity contribution in [2.45, 2.75) is 22.5 Å². The van der Waals surface area contributed by atoms with Crippen molar-refractivity contribution in [1.82, 2.24) is 9.97 Å². The van der Waals surface area contributed by atoms with E-state index in [-0.39, 0.29) is 18.5 Å². The van der Waals surface area contributed by atoms with Crippen LogP contribution >= 0.6 is 11.8 Å². The predicted molar refractivity (Wildman–Crippen MR) is 70.4 cm³/mol. The molecule has 0 saturated carbocycles. The lowest BCUT2D eigenvalue weighted by Crippen LogP contribution is -2.12. The number of hydrogen-bond acceptors (Lipinski definition) is 4. The number of halogens is 3. The Kier molecular flexibility index (Phi) is 4.61. The van der Waals surface area contributed by atoms with Gasteiger partial charge in [0.25, 0.3) is 0 Å². The smallest absolute Gasteiger partial charge is 0.330 e. The lowest BCUT2D eigenvalue weighted by Gasteiger charge is -2.13. The van der Waals surface area contributed by atoms with Crippen molar-refractivity contribution in [1.29, 1.82) is 0 Å². The van der Waals surface area contributed by atoms with E-state index in [9.17, 15) is 13.2 Å². The summed E-state index contributed by atoms with van der Waals surface area (Å²) in [6.07, 6.45) is -1.28. The summed E-state index contributed by atoms with van der Waals surface area (Å²) in [7, 11) is 0. The molecule has 2 N–H and O–H groups in total. The average Bonchev–Trinajstić information content (AvgIpc) is 2.41. The first-order valence-corrected chi connectivity index (χ1v) is 6.66. The summed E-state index contributed by atoms with van der Waals surface area (Å²) in [5.41, 5.74) is 4.92. The highest BCUT2D eigenvalue weighted by Crippen LogP contribution is 2.36. The summed E-state index contributed by atoms with van der Waals surface area (Å²) >= 11 is 1.16. The summed E-state index contributed by atoms with van der Waals surface area (Å²) in [6.45, 7) is 0.182. The van der Waals surface area contributed by atoms with Gasteiger partial charge in [-0.15, -0.1) is 0 Å². The number of alkyl halides is 3. The largest absolute Gasteiger partial charge is 0.416 e. The molecule has 0 radical (unpaired) electrons. The van der Waals surface area contributed by atoms with Crippen molar-refractivity contribution in [3.8, 4) is 0 Å². The Labute approximate surface area is 118 Å². The standard InChI is InChI=1S/C13H12F3N3S/c14-13(15,16)11-7-10(2-1-9(11)3-5-17)20-12-4-6-18-8-19-12/h1-2,4,6-8H,3,5,17H2. The maximum absolute atomic E-state index is 13.0. The third-order valence-corrected chi connectivity index (χ3v) is 3.52. The van der Waals surface area contributed by atoms with Crippen LogP contribution in [0.4, 0.5) is 13.2 Å². The minimum Gasteiger partial charge on any atom is -0.330 e. The molecular formula is C13H12F3N3S. The molecule has 1 aromatic carbocycles. The van der Waals surface area contributed by atoms with Crippen molar-refractivity contribution in [3.63, 3.8) is 0 Å². The highest BCUT2D eigenvalue weighted by atomic mass is 32.2. The normalized spacial score (nSPS) is 11.6. The van der Waals surface area contributed by atoms with E-state index in [2.05, 4.69) is 9.97 Å². The van der Waals surface area contributed by atoms with Gasteiger partial charge in [-0.3, -0.25) is 0 Å². The molecule has 0 spiro atoms. The third-order valence-electron chi connectivity index (χ3n) is 2.58. The van der Waals surface area contributed by atoms with Gasteiger partial charge in [0.2, 0.25) is 0 Å². The van der Waals surface area contributed by atoms with Crippen LogP contribution < -0.4 is 5.73 Å². The van der Waals surface area contributed by atoms with Crippen molar-refractivity contribution in [3.05, 3.63) is 47.9 Å². The molecule has 0 atom stereocenters. The molecular weight excluding hydrogens is 287 g/mol. The zero-order valence-electron chi connectivity index (χ0n) is 10.4. The number of nitrogens with zero attached hydrogens (tertiary/aromatic N) is 2. The van der Waals surface area contributed by atoms with Crippen LogP contribution in [0.5, 0.6) is 0 Å². The van der Waals surface area contributed by atoms with Crippen LogP contribution in [0.15, 0.2) is 46.7 Å². The highest BCUT2D eigenvalue weighted by molar-refractivity contribution is 7.99. The zero-order valence-corrected chi connectivity index (χ0v) is 11.2. The second-order valence-electron chi connectivity index (χ2n) is 4.01. The van der Waals surface area contributed by atoms with Gasteiger partial charge >= 0.3 is 6.18 Å². The van der Waals surface area contributed by atoms with Crippen molar-refractivity contribution in [2.24, 2.45) is 5.73 Å². The van der Waals surface area contributed by atoms with Crippen molar-refractivity contribution >= 4 is 11.8 Å². The monoisotopic (exact) mass is 299 g/mol. The van der Waals surface area contributed by atoms with Crippen LogP contribution in [0.3, 0.4) is 0 Å². The van der Waals surface area contributed by atoms with E-state index in [1.807, 2.05) is 0 Å². The SMILES string of the molecule is NCCc1ccc(Sc2ccncn2)cc1C(F)(F)F. The minimum atomic E-state index is -4.38. The molecule has 1 heterocycles. The molecule has 106 valence electrons. The zero-order chi connectivity index (χ0) is 14.6. The molecule has 0 aliphatic carbocycles. The van der Waals surface area contributed by atoms with Crippen LogP contribution in [-0.4, -0.2) is 16.5 Å².